The van der Waals surface area contributed by atoms with E-state index in [-0.39, 0.29) is 6.04 Å². The number of likely N-dealkylation sites (N-methyl/N-ethyl adjacent to an activating group) is 1. The summed E-state index contributed by atoms with van der Waals surface area (Å²) in [5.74, 6) is 0.840. The zero-order chi connectivity index (χ0) is 13.7. The Bertz CT molecular complexity index is 390. The Morgan fingerprint density at radius 2 is 2.21 bits per heavy atom. The highest BCUT2D eigenvalue weighted by Crippen LogP contribution is 2.28. The Labute approximate surface area is 116 Å². The molecule has 1 aliphatic rings. The lowest BCUT2D eigenvalue weighted by Crippen LogP contribution is -2.33. The van der Waals surface area contributed by atoms with E-state index in [0.29, 0.717) is 6.54 Å². The van der Waals surface area contributed by atoms with Gasteiger partial charge in [0.1, 0.15) is 0 Å². The van der Waals surface area contributed by atoms with E-state index >= 15 is 0 Å². The van der Waals surface area contributed by atoms with E-state index in [9.17, 15) is 0 Å². The number of ether oxygens (including phenoxy) is 1. The first kappa shape index (κ1) is 14.5. The first-order valence-corrected chi connectivity index (χ1v) is 7.25. The first-order valence-electron chi connectivity index (χ1n) is 7.25. The van der Waals surface area contributed by atoms with Gasteiger partial charge in [0.05, 0.1) is 6.61 Å². The number of benzene rings is 1. The van der Waals surface area contributed by atoms with E-state index in [2.05, 4.69) is 43.1 Å². The molecule has 1 unspecified atom stereocenters. The number of hydrogen-bond acceptors (Lipinski definition) is 3. The van der Waals surface area contributed by atoms with Crippen molar-refractivity contribution in [1.82, 2.24) is 4.90 Å². The first-order chi connectivity index (χ1) is 9.20. The van der Waals surface area contributed by atoms with Crippen molar-refractivity contribution in [2.24, 2.45) is 11.7 Å². The van der Waals surface area contributed by atoms with E-state index in [1.807, 2.05) is 0 Å². The zero-order valence-electron chi connectivity index (χ0n) is 12.1. The Balaban J connectivity index is 1.81. The zero-order valence-corrected chi connectivity index (χ0v) is 12.1. The van der Waals surface area contributed by atoms with Gasteiger partial charge in [-0.15, -0.1) is 0 Å². The summed E-state index contributed by atoms with van der Waals surface area (Å²) in [6.07, 6.45) is 2.70. The van der Waals surface area contributed by atoms with Crippen molar-refractivity contribution >= 4 is 0 Å². The lowest BCUT2D eigenvalue weighted by molar-refractivity contribution is 0.0922. The van der Waals surface area contributed by atoms with Crippen molar-refractivity contribution in [3.8, 4) is 0 Å². The molecule has 0 spiro atoms. The van der Waals surface area contributed by atoms with Gasteiger partial charge >= 0.3 is 0 Å². The smallest absolute Gasteiger partial charge is 0.0593 e. The van der Waals surface area contributed by atoms with Crippen molar-refractivity contribution in [1.29, 1.82) is 0 Å². The average molecular weight is 262 g/mol. The Morgan fingerprint density at radius 3 is 2.84 bits per heavy atom. The van der Waals surface area contributed by atoms with Crippen molar-refractivity contribution in [2.45, 2.75) is 25.8 Å². The monoisotopic (exact) mass is 262 g/mol. The van der Waals surface area contributed by atoms with Crippen molar-refractivity contribution in [3.05, 3.63) is 35.4 Å². The van der Waals surface area contributed by atoms with E-state index in [4.69, 9.17) is 10.5 Å². The molecule has 3 heteroatoms. The van der Waals surface area contributed by atoms with Crippen LogP contribution in [0.5, 0.6) is 0 Å². The van der Waals surface area contributed by atoms with Gasteiger partial charge in [0, 0.05) is 25.7 Å². The molecule has 0 bridgehead atoms. The molecular weight excluding hydrogens is 236 g/mol. The van der Waals surface area contributed by atoms with E-state index in [1.54, 1.807) is 0 Å². The van der Waals surface area contributed by atoms with Crippen LogP contribution in [0, 0.1) is 12.8 Å². The quantitative estimate of drug-likeness (QED) is 0.731. The third-order valence-corrected chi connectivity index (χ3v) is 3.82. The molecule has 2 rings (SSSR count). The summed E-state index contributed by atoms with van der Waals surface area (Å²) in [5.41, 5.74) is 8.52. The maximum absolute atomic E-state index is 5.94. The molecule has 2 N–H and O–H groups in total. The summed E-state index contributed by atoms with van der Waals surface area (Å²) in [4.78, 5) is 2.29. The highest BCUT2D eigenvalue weighted by atomic mass is 16.5. The molecular formula is C16H26N2O. The second kappa shape index (κ2) is 7.04. The fourth-order valence-corrected chi connectivity index (χ4v) is 2.35. The van der Waals surface area contributed by atoms with Gasteiger partial charge in [-0.2, -0.15) is 0 Å². The molecule has 106 valence electrons. The largest absolute Gasteiger partial charge is 0.380 e. The van der Waals surface area contributed by atoms with Crippen LogP contribution in [0.1, 0.15) is 30.0 Å². The van der Waals surface area contributed by atoms with Gasteiger partial charge in [0.15, 0.2) is 0 Å². The molecule has 1 aliphatic carbocycles. The molecule has 0 heterocycles. The van der Waals surface area contributed by atoms with Crippen LogP contribution < -0.4 is 5.73 Å². The van der Waals surface area contributed by atoms with Crippen LogP contribution >= 0.6 is 0 Å². The standard InChI is InChI=1S/C16H26N2O/c1-13-4-3-5-15(10-13)16(11-17)18(2)8-9-19-12-14-6-7-14/h3-5,10,14,16H,6-9,11-12,17H2,1-2H3. The molecule has 19 heavy (non-hydrogen) atoms. The van der Waals surface area contributed by atoms with Crippen molar-refractivity contribution in [2.75, 3.05) is 33.4 Å². The van der Waals surface area contributed by atoms with E-state index in [0.717, 1.165) is 25.7 Å². The summed E-state index contributed by atoms with van der Waals surface area (Å²) in [6, 6.07) is 8.88. The number of aryl methyl sites for hydroxylation is 1. The maximum Gasteiger partial charge on any atom is 0.0593 e. The molecule has 1 aromatic rings. The Morgan fingerprint density at radius 1 is 1.42 bits per heavy atom. The topological polar surface area (TPSA) is 38.5 Å². The van der Waals surface area contributed by atoms with Crippen molar-refractivity contribution in [3.63, 3.8) is 0 Å². The number of rotatable bonds is 8. The second-order valence-electron chi connectivity index (χ2n) is 5.66. The van der Waals surface area contributed by atoms with Crippen LogP contribution in [-0.2, 0) is 4.74 Å². The number of nitrogens with two attached hydrogens (primary N) is 1. The predicted molar refractivity (Wildman–Crippen MR) is 79.1 cm³/mol. The minimum absolute atomic E-state index is 0.282. The highest BCUT2D eigenvalue weighted by molar-refractivity contribution is 5.25. The number of nitrogens with zero attached hydrogens (tertiary/aromatic N) is 1. The molecule has 0 saturated heterocycles. The van der Waals surface area contributed by atoms with Gasteiger partial charge in [-0.1, -0.05) is 29.8 Å². The summed E-state index contributed by atoms with van der Waals surface area (Å²) in [5, 5.41) is 0. The molecule has 3 nitrogen and oxygen atoms in total. The van der Waals surface area contributed by atoms with E-state index in [1.165, 1.54) is 24.0 Å². The Hall–Kier alpha value is -0.900. The van der Waals surface area contributed by atoms with Crippen LogP contribution in [-0.4, -0.2) is 38.3 Å². The minimum Gasteiger partial charge on any atom is -0.380 e. The van der Waals surface area contributed by atoms with Gasteiger partial charge in [-0.3, -0.25) is 4.90 Å². The molecule has 0 aromatic heterocycles. The van der Waals surface area contributed by atoms with Gasteiger partial charge in [-0.05, 0) is 38.3 Å². The molecule has 1 atom stereocenters. The average Bonchev–Trinajstić information content (AvgIpc) is 3.20. The lowest BCUT2D eigenvalue weighted by Gasteiger charge is -2.27. The lowest BCUT2D eigenvalue weighted by atomic mass is 10.0. The SMILES string of the molecule is Cc1cccc(C(CN)N(C)CCOCC2CC2)c1. The van der Waals surface area contributed by atoms with E-state index < -0.39 is 0 Å². The third kappa shape index (κ3) is 4.60. The minimum atomic E-state index is 0.282. The molecule has 0 amide bonds. The van der Waals surface area contributed by atoms with Crippen LogP contribution in [0.4, 0.5) is 0 Å². The van der Waals surface area contributed by atoms with Crippen LogP contribution in [0.3, 0.4) is 0 Å². The summed E-state index contributed by atoms with van der Waals surface area (Å²) in [7, 11) is 2.13. The summed E-state index contributed by atoms with van der Waals surface area (Å²) >= 11 is 0. The van der Waals surface area contributed by atoms with Gasteiger partial charge in [0.2, 0.25) is 0 Å². The molecule has 1 fully saturated rings. The third-order valence-electron chi connectivity index (χ3n) is 3.82. The van der Waals surface area contributed by atoms with Crippen LogP contribution in [0.15, 0.2) is 24.3 Å². The molecule has 1 aromatic carbocycles. The van der Waals surface area contributed by atoms with Gasteiger partial charge in [-0.25, -0.2) is 0 Å². The maximum atomic E-state index is 5.94. The normalized spacial score (nSPS) is 16.8. The molecule has 0 aliphatic heterocycles. The molecule has 1 saturated carbocycles. The predicted octanol–water partition coefficient (Wildman–Crippen LogP) is 2.35. The summed E-state index contributed by atoms with van der Waals surface area (Å²) in [6.45, 7) is 5.43. The Kier molecular flexibility index (Phi) is 5.37. The van der Waals surface area contributed by atoms with Gasteiger partial charge in [0.25, 0.3) is 0 Å². The highest BCUT2D eigenvalue weighted by Gasteiger charge is 2.21. The van der Waals surface area contributed by atoms with Crippen LogP contribution in [0.2, 0.25) is 0 Å². The second-order valence-corrected chi connectivity index (χ2v) is 5.66. The fourth-order valence-electron chi connectivity index (χ4n) is 2.35. The van der Waals surface area contributed by atoms with Gasteiger partial charge < -0.3 is 10.5 Å². The molecule has 0 radical (unpaired) electrons. The summed E-state index contributed by atoms with van der Waals surface area (Å²) < 4.78 is 5.70. The van der Waals surface area contributed by atoms with Crippen molar-refractivity contribution < 1.29 is 4.74 Å². The fraction of sp³-hybridized carbons (Fsp3) is 0.625. The number of hydrogen-bond donors (Lipinski definition) is 1. The van der Waals surface area contributed by atoms with Crippen LogP contribution in [0.25, 0.3) is 0 Å².